The monoisotopic (exact) mass is 427 g/mol. The lowest BCUT2D eigenvalue weighted by molar-refractivity contribution is -0.136. The van der Waals surface area contributed by atoms with Gasteiger partial charge in [0.05, 0.1) is 0 Å². The molecule has 0 aliphatic rings. The van der Waals surface area contributed by atoms with Crippen molar-refractivity contribution >= 4 is 70.3 Å². The van der Waals surface area contributed by atoms with Gasteiger partial charge >= 0.3 is 11.9 Å². The molecule has 0 aromatic carbocycles. The molecule has 0 aromatic rings. The first-order chi connectivity index (χ1) is 10.8. The van der Waals surface area contributed by atoms with Crippen LogP contribution in [0.2, 0.25) is 0 Å². The molecule has 0 heterocycles. The van der Waals surface area contributed by atoms with Crippen LogP contribution in [0.3, 0.4) is 0 Å². The fourth-order valence-electron chi connectivity index (χ4n) is 0.621. The molecule has 142 valence electrons. The van der Waals surface area contributed by atoms with Crippen LogP contribution in [-0.4, -0.2) is 50.3 Å². The summed E-state index contributed by atoms with van der Waals surface area (Å²) in [5.74, 6) is -1.78. The lowest BCUT2D eigenvalue weighted by Crippen LogP contribution is -2.40. The van der Waals surface area contributed by atoms with Gasteiger partial charge in [0.15, 0.2) is 11.9 Å². The van der Waals surface area contributed by atoms with Crippen molar-refractivity contribution in [1.82, 2.24) is 5.32 Å². The predicted octanol–water partition coefficient (Wildman–Crippen LogP) is 1.58. The normalized spacial score (nSPS) is 10.5. The highest BCUT2D eigenvalue weighted by Crippen LogP contribution is 1.99. The molecule has 0 aromatic heterocycles. The molecule has 0 unspecified atom stereocenters. The van der Waals surface area contributed by atoms with Gasteiger partial charge in [0.25, 0.3) is 0 Å². The molecule has 13 heteroatoms. The van der Waals surface area contributed by atoms with E-state index in [1.807, 2.05) is 0 Å². The third-order valence-electron chi connectivity index (χ3n) is 1.62. The molecule has 0 spiro atoms. The first-order valence-corrected chi connectivity index (χ1v) is 7.98. The number of carboxylic acid groups (broad SMARTS) is 2. The Balaban J connectivity index is -0.000000309. The van der Waals surface area contributed by atoms with Crippen molar-refractivity contribution in [2.75, 3.05) is 6.54 Å². The molecule has 0 aliphatic carbocycles. The van der Waals surface area contributed by atoms with Gasteiger partial charge in [-0.25, -0.2) is 9.59 Å². The number of rotatable bonds is 5. The molecule has 0 amide bonds. The summed E-state index contributed by atoms with van der Waals surface area (Å²) in [6.45, 7) is 4.90. The molecule has 0 fully saturated rings. The molecule has 0 atom stereocenters. The maximum Gasteiger partial charge on any atom is 0.337 e. The molecule has 0 saturated heterocycles. The lowest BCUT2D eigenvalue weighted by Gasteiger charge is -2.03. The van der Waals surface area contributed by atoms with E-state index in [2.05, 4.69) is 24.2 Å². The smallest absolute Gasteiger partial charge is 0.337 e. The Hall–Kier alpha value is -1.16. The van der Waals surface area contributed by atoms with Gasteiger partial charge in [-0.3, -0.25) is 15.7 Å². The van der Waals surface area contributed by atoms with Crippen molar-refractivity contribution in [3.05, 3.63) is 0 Å². The number of guanidine groups is 2. The van der Waals surface area contributed by atoms with Crippen LogP contribution in [0.5, 0.6) is 0 Å². The number of hydrogen-bond acceptors (Lipinski definition) is 4. The lowest BCUT2D eigenvalue weighted by atomic mass is 10.1. The Morgan fingerprint density at radius 3 is 1.62 bits per heavy atom. The highest BCUT2D eigenvalue weighted by atomic mass is 35.5. The molecule has 0 aliphatic heterocycles. The van der Waals surface area contributed by atoms with Gasteiger partial charge in [-0.1, -0.05) is 60.3 Å². The van der Waals surface area contributed by atoms with Gasteiger partial charge in [-0.05, 0) is 12.3 Å². The zero-order chi connectivity index (χ0) is 19.9. The summed E-state index contributed by atoms with van der Waals surface area (Å²) < 4.78 is 0. The molecule has 0 saturated carbocycles. The number of carboxylic acids is 2. The number of aliphatic carboxylic acids is 2. The van der Waals surface area contributed by atoms with Crippen LogP contribution < -0.4 is 16.8 Å². The highest BCUT2D eigenvalue weighted by Gasteiger charge is 2.06. The number of nitrogens with zero attached hydrogens (tertiary/aromatic N) is 1. The largest absolute Gasteiger partial charge is 0.479 e. The standard InChI is InChI=1S/C7H17N5.2C2H2Cl2O2/c1-5(2)3-4-11-7(10)12-6(8)9;2*3-1(4)2(5)6/h5H,3-4H2,1-2H3,(H6,8,9,10,11,12);2*1H,(H,5,6). The van der Waals surface area contributed by atoms with Crippen molar-refractivity contribution in [2.45, 2.75) is 29.9 Å². The quantitative estimate of drug-likeness (QED) is 0.218. The Morgan fingerprint density at radius 1 is 1.08 bits per heavy atom. The second-order valence-corrected chi connectivity index (χ2v) is 6.46. The minimum atomic E-state index is -1.29. The van der Waals surface area contributed by atoms with Gasteiger partial charge in [0.1, 0.15) is 0 Å². The Labute approximate surface area is 159 Å². The summed E-state index contributed by atoms with van der Waals surface area (Å²) in [6, 6.07) is 0. The Bertz CT molecular complexity index is 401. The van der Waals surface area contributed by atoms with Crippen molar-refractivity contribution in [1.29, 1.82) is 5.41 Å². The highest BCUT2D eigenvalue weighted by molar-refractivity contribution is 6.53. The minimum Gasteiger partial charge on any atom is -0.479 e. The van der Waals surface area contributed by atoms with Gasteiger partial charge in [0, 0.05) is 6.54 Å². The van der Waals surface area contributed by atoms with Crippen molar-refractivity contribution in [3.63, 3.8) is 0 Å². The summed E-state index contributed by atoms with van der Waals surface area (Å²) >= 11 is 19.1. The average molecular weight is 429 g/mol. The summed E-state index contributed by atoms with van der Waals surface area (Å²) in [6.07, 6.45) is 0.986. The zero-order valence-corrected chi connectivity index (χ0v) is 16.0. The van der Waals surface area contributed by atoms with Gasteiger partial charge in [-0.15, -0.1) is 0 Å². The van der Waals surface area contributed by atoms with E-state index in [-0.39, 0.29) is 11.9 Å². The number of aliphatic imine (C=N–C) groups is 1. The molecule has 24 heavy (non-hydrogen) atoms. The maximum absolute atomic E-state index is 9.44. The van der Waals surface area contributed by atoms with Crippen molar-refractivity contribution in [3.8, 4) is 0 Å². The molecule has 0 radical (unpaired) electrons. The number of nitrogens with two attached hydrogens (primary N) is 2. The first kappa shape index (κ1) is 27.7. The van der Waals surface area contributed by atoms with Crippen LogP contribution in [-0.2, 0) is 9.59 Å². The Kier molecular flexibility index (Phi) is 19.2. The fourth-order valence-corrected chi connectivity index (χ4v) is 0.621. The SMILES string of the molecule is CC(C)CCN=C(N)NC(=N)N.O=C(O)C(Cl)Cl.O=C(O)C(Cl)Cl. The number of hydrogen-bond donors (Lipinski definition) is 6. The second-order valence-electron chi connectivity index (χ2n) is 4.27. The summed E-state index contributed by atoms with van der Waals surface area (Å²) in [5.41, 5.74) is 10.4. The van der Waals surface area contributed by atoms with Gasteiger partial charge in [0.2, 0.25) is 9.67 Å². The van der Waals surface area contributed by atoms with Gasteiger partial charge in [-0.2, -0.15) is 0 Å². The van der Waals surface area contributed by atoms with E-state index in [1.165, 1.54) is 0 Å². The summed E-state index contributed by atoms with van der Waals surface area (Å²) in [4.78, 5) is 20.3. The van der Waals surface area contributed by atoms with Crippen molar-refractivity contribution < 1.29 is 19.8 Å². The number of halogens is 4. The van der Waals surface area contributed by atoms with E-state index < -0.39 is 21.6 Å². The van der Waals surface area contributed by atoms with Gasteiger partial charge < -0.3 is 21.7 Å². The molecule has 0 rings (SSSR count). The number of alkyl halides is 4. The predicted molar refractivity (Wildman–Crippen MR) is 97.3 cm³/mol. The van der Waals surface area contributed by atoms with Crippen LogP contribution in [0.15, 0.2) is 4.99 Å². The topological polar surface area (TPSA) is 175 Å². The maximum atomic E-state index is 9.44. The molecular weight excluding hydrogens is 408 g/mol. The fraction of sp³-hybridized carbons (Fsp3) is 0.636. The summed E-state index contributed by atoms with van der Waals surface area (Å²) in [5, 5.41) is 24.7. The second kappa shape index (κ2) is 16.7. The molecular formula is C11H21Cl4N5O4. The van der Waals surface area contributed by atoms with Crippen LogP contribution in [0.1, 0.15) is 20.3 Å². The third kappa shape index (κ3) is 28.9. The number of nitrogens with one attached hydrogen (secondary N) is 2. The van der Waals surface area contributed by atoms with Crippen LogP contribution >= 0.6 is 46.4 Å². The van der Waals surface area contributed by atoms with E-state index in [0.717, 1.165) is 6.42 Å². The third-order valence-corrected chi connectivity index (χ3v) is 2.37. The van der Waals surface area contributed by atoms with E-state index in [9.17, 15) is 9.59 Å². The van der Waals surface area contributed by atoms with E-state index in [0.29, 0.717) is 12.5 Å². The van der Waals surface area contributed by atoms with E-state index in [1.54, 1.807) is 0 Å². The molecule has 9 nitrogen and oxygen atoms in total. The summed E-state index contributed by atoms with van der Waals surface area (Å²) in [7, 11) is 0. The molecule has 8 N–H and O–H groups in total. The zero-order valence-electron chi connectivity index (χ0n) is 13.0. The van der Waals surface area contributed by atoms with E-state index in [4.69, 9.17) is 73.5 Å². The average Bonchev–Trinajstić information content (AvgIpc) is 2.38. The minimum absolute atomic E-state index is 0.180. The van der Waals surface area contributed by atoms with Crippen LogP contribution in [0.25, 0.3) is 0 Å². The molecule has 0 bridgehead atoms. The Morgan fingerprint density at radius 2 is 1.42 bits per heavy atom. The van der Waals surface area contributed by atoms with Crippen LogP contribution in [0, 0.1) is 11.3 Å². The van der Waals surface area contributed by atoms with Crippen molar-refractivity contribution in [2.24, 2.45) is 22.4 Å². The first-order valence-electron chi connectivity index (χ1n) is 6.24. The van der Waals surface area contributed by atoms with E-state index >= 15 is 0 Å². The van der Waals surface area contributed by atoms with Crippen LogP contribution in [0.4, 0.5) is 0 Å². The number of carbonyl (C=O) groups is 2.